The smallest absolute Gasteiger partial charge is 0.316 e. The van der Waals surface area contributed by atoms with Gasteiger partial charge < -0.3 is 20.3 Å². The minimum atomic E-state index is -1.13. The third-order valence-electron chi connectivity index (χ3n) is 8.64. The summed E-state index contributed by atoms with van der Waals surface area (Å²) in [6.07, 6.45) is 2.59. The number of carbonyl (C=O) groups excluding carboxylic acids is 1. The van der Waals surface area contributed by atoms with E-state index in [4.69, 9.17) is 4.74 Å². The lowest BCUT2D eigenvalue weighted by Crippen LogP contribution is -2.78. The second-order valence-electron chi connectivity index (χ2n) is 9.16. The number of aliphatic hydroxyl groups excluding tert-OH is 2. The van der Waals surface area contributed by atoms with Crippen LogP contribution < -0.4 is 5.32 Å². The molecule has 1 aromatic rings. The summed E-state index contributed by atoms with van der Waals surface area (Å²) in [5, 5.41) is 26.2. The summed E-state index contributed by atoms with van der Waals surface area (Å²) >= 11 is 0. The average Bonchev–Trinajstić information content (AvgIpc) is 3.12. The molecule has 5 aliphatic rings. The monoisotopic (exact) mass is 385 g/mol. The summed E-state index contributed by atoms with van der Waals surface area (Å²) in [6.45, 7) is 3.26. The number of anilines is 1. The number of hydrogen-bond donors (Lipinski definition) is 3. The third kappa shape index (κ3) is 1.52. The van der Waals surface area contributed by atoms with Gasteiger partial charge in [0.1, 0.15) is 18.1 Å². The van der Waals surface area contributed by atoms with Crippen molar-refractivity contribution in [2.75, 3.05) is 39.2 Å². The quantitative estimate of drug-likeness (QED) is 0.407. The summed E-state index contributed by atoms with van der Waals surface area (Å²) < 4.78 is 5.98. The number of quaternary nitrogens is 1. The van der Waals surface area contributed by atoms with E-state index in [0.717, 1.165) is 29.9 Å². The summed E-state index contributed by atoms with van der Waals surface area (Å²) in [5.74, 6) is -0.629. The molecule has 4 fully saturated rings. The summed E-state index contributed by atoms with van der Waals surface area (Å²) in [5.41, 5.74) is 0.476. The number of carbonyl (C=O) groups is 1. The van der Waals surface area contributed by atoms with E-state index in [0.29, 0.717) is 17.3 Å². The summed E-state index contributed by atoms with van der Waals surface area (Å²) in [6, 6.07) is 8.04. The van der Waals surface area contributed by atoms with Gasteiger partial charge in [-0.25, -0.2) is 0 Å². The first-order valence-electron chi connectivity index (χ1n) is 10.1. The molecule has 0 radical (unpaired) electrons. The van der Waals surface area contributed by atoms with Crippen molar-refractivity contribution in [1.29, 1.82) is 0 Å². The van der Waals surface area contributed by atoms with Gasteiger partial charge in [-0.3, -0.25) is 9.28 Å². The van der Waals surface area contributed by atoms with Crippen molar-refractivity contribution in [3.05, 3.63) is 41.5 Å². The normalized spacial score (nSPS) is 46.7. The van der Waals surface area contributed by atoms with Crippen LogP contribution in [0.15, 0.2) is 35.9 Å². The first kappa shape index (κ1) is 18.2. The fraction of sp³-hybridized carbons (Fsp3) is 0.591. The van der Waals surface area contributed by atoms with Crippen molar-refractivity contribution in [3.8, 4) is 0 Å². The molecule has 28 heavy (non-hydrogen) atoms. The Labute approximate surface area is 165 Å². The Morgan fingerprint density at radius 3 is 2.86 bits per heavy atom. The van der Waals surface area contributed by atoms with Crippen LogP contribution in [0.25, 0.3) is 0 Å². The first-order valence-corrected chi connectivity index (χ1v) is 10.1. The summed E-state index contributed by atoms with van der Waals surface area (Å²) in [4.78, 5) is 13.5. The number of likely N-dealkylation sites (N-methyl/N-ethyl adjacent to an activating group) is 1. The minimum absolute atomic E-state index is 0.258. The molecule has 1 aliphatic carbocycles. The van der Waals surface area contributed by atoms with Gasteiger partial charge in [-0.15, -0.1) is 0 Å². The number of rotatable bonds is 2. The van der Waals surface area contributed by atoms with Crippen molar-refractivity contribution in [2.45, 2.75) is 36.9 Å². The molecule has 1 unspecified atom stereocenters. The van der Waals surface area contributed by atoms with Crippen LogP contribution >= 0.6 is 0 Å². The highest BCUT2D eigenvalue weighted by molar-refractivity contribution is 5.85. The molecular formula is C22H29N2O4+. The first-order chi connectivity index (χ1) is 13.4. The SMILES string of the molecule is C/C=C1\C[N+]2(C)CC[C@@]34c5ccccc5N[C@]32[C@@H](O)C[C@@H]1[C@@]4(CO)C(=O)OC. The van der Waals surface area contributed by atoms with E-state index in [1.54, 1.807) is 0 Å². The lowest BCUT2D eigenvalue weighted by atomic mass is 9.45. The molecule has 1 aromatic carbocycles. The van der Waals surface area contributed by atoms with Gasteiger partial charge >= 0.3 is 5.97 Å². The summed E-state index contributed by atoms with van der Waals surface area (Å²) in [7, 11) is 3.59. The van der Waals surface area contributed by atoms with Crippen molar-refractivity contribution < 1.29 is 24.2 Å². The number of aliphatic hydroxyl groups is 2. The molecule has 0 amide bonds. The lowest BCUT2D eigenvalue weighted by Gasteiger charge is -2.58. The van der Waals surface area contributed by atoms with Gasteiger partial charge in [0.2, 0.25) is 5.66 Å². The predicted octanol–water partition coefficient (Wildman–Crippen LogP) is 1.39. The molecule has 1 saturated carbocycles. The zero-order chi connectivity index (χ0) is 19.9. The maximum Gasteiger partial charge on any atom is 0.316 e. The molecule has 3 N–H and O–H groups in total. The number of nitrogens with zero attached hydrogens (tertiary/aromatic N) is 1. The molecule has 6 nitrogen and oxygen atoms in total. The standard InChI is InChI=1S/C22H29N2O4/c1-4-14-12-24(2)10-9-21-15-7-5-6-8-17(15)23-22(21,24)18(26)11-16(14)20(21,13-25)19(27)28-3/h4-8,16,18,23,25-26H,9-13H2,1-3H3/q+1/b14-4+/t16-,18-,20-,21-,22-,24?/m0/s1. The van der Waals surface area contributed by atoms with E-state index in [-0.39, 0.29) is 18.5 Å². The second kappa shape index (κ2) is 5.38. The number of hydrogen-bond acceptors (Lipinski definition) is 5. The zero-order valence-corrected chi connectivity index (χ0v) is 16.7. The largest absolute Gasteiger partial charge is 0.468 e. The number of benzene rings is 1. The van der Waals surface area contributed by atoms with Crippen LogP contribution in [0, 0.1) is 11.3 Å². The highest BCUT2D eigenvalue weighted by Gasteiger charge is 2.88. The van der Waals surface area contributed by atoms with Crippen LogP contribution in [0.4, 0.5) is 5.69 Å². The highest BCUT2D eigenvalue weighted by atomic mass is 16.5. The van der Waals surface area contributed by atoms with Gasteiger partial charge in [-0.05, 0) is 30.5 Å². The number of para-hydroxylation sites is 1. The molecule has 4 heterocycles. The van der Waals surface area contributed by atoms with Gasteiger partial charge in [0.05, 0.1) is 32.7 Å². The van der Waals surface area contributed by atoms with Crippen LogP contribution in [0.1, 0.15) is 25.3 Å². The van der Waals surface area contributed by atoms with E-state index in [1.807, 2.05) is 25.1 Å². The van der Waals surface area contributed by atoms with E-state index in [1.165, 1.54) is 7.11 Å². The van der Waals surface area contributed by atoms with Crippen LogP contribution in [0.2, 0.25) is 0 Å². The fourth-order valence-corrected chi connectivity index (χ4v) is 7.70. The fourth-order valence-electron chi connectivity index (χ4n) is 7.70. The Morgan fingerprint density at radius 1 is 1.43 bits per heavy atom. The molecule has 6 atom stereocenters. The topological polar surface area (TPSA) is 78.8 Å². The van der Waals surface area contributed by atoms with Gasteiger partial charge in [0.15, 0.2) is 0 Å². The minimum Gasteiger partial charge on any atom is -0.468 e. The van der Waals surface area contributed by atoms with Crippen LogP contribution in [-0.2, 0) is 14.9 Å². The van der Waals surface area contributed by atoms with Crippen LogP contribution in [-0.4, -0.2) is 66.3 Å². The highest BCUT2D eigenvalue weighted by Crippen LogP contribution is 2.74. The van der Waals surface area contributed by atoms with Gasteiger partial charge in [-0.2, -0.15) is 0 Å². The Hall–Kier alpha value is -1.89. The lowest BCUT2D eigenvalue weighted by molar-refractivity contribution is -0.944. The van der Waals surface area contributed by atoms with E-state index in [9.17, 15) is 15.0 Å². The number of esters is 1. The molecule has 0 aromatic heterocycles. The number of allylic oxidation sites excluding steroid dienone is 1. The maximum atomic E-state index is 13.5. The van der Waals surface area contributed by atoms with E-state index >= 15 is 0 Å². The van der Waals surface area contributed by atoms with Crippen molar-refractivity contribution >= 4 is 11.7 Å². The van der Waals surface area contributed by atoms with E-state index in [2.05, 4.69) is 24.5 Å². The Bertz CT molecular complexity index is 900. The van der Waals surface area contributed by atoms with Crippen LogP contribution in [0.3, 0.4) is 0 Å². The molecule has 1 spiro atoms. The molecule has 4 bridgehead atoms. The van der Waals surface area contributed by atoms with Gasteiger partial charge in [-0.1, -0.05) is 24.3 Å². The average molecular weight is 385 g/mol. The molecule has 4 aliphatic heterocycles. The van der Waals surface area contributed by atoms with Crippen molar-refractivity contribution in [1.82, 2.24) is 0 Å². The Balaban J connectivity index is 1.96. The van der Waals surface area contributed by atoms with Gasteiger partial charge in [0.25, 0.3) is 0 Å². The van der Waals surface area contributed by atoms with Gasteiger partial charge in [0, 0.05) is 18.0 Å². The number of methoxy groups -OCH3 is 1. The Kier molecular flexibility index (Phi) is 3.49. The Morgan fingerprint density at radius 2 is 2.18 bits per heavy atom. The number of nitrogens with one attached hydrogen (secondary N) is 1. The molecule has 6 heteroatoms. The second-order valence-corrected chi connectivity index (χ2v) is 9.16. The van der Waals surface area contributed by atoms with E-state index < -0.39 is 22.6 Å². The zero-order valence-electron chi connectivity index (χ0n) is 16.7. The number of fused-ring (bicyclic) bond motifs is 3. The molecule has 150 valence electrons. The predicted molar refractivity (Wildman–Crippen MR) is 104 cm³/mol. The molecular weight excluding hydrogens is 356 g/mol. The third-order valence-corrected chi connectivity index (χ3v) is 8.64. The van der Waals surface area contributed by atoms with Crippen molar-refractivity contribution in [3.63, 3.8) is 0 Å². The molecule has 6 rings (SSSR count). The van der Waals surface area contributed by atoms with Crippen LogP contribution in [0.5, 0.6) is 0 Å². The maximum absolute atomic E-state index is 13.5. The number of ether oxygens (including phenoxy) is 1. The van der Waals surface area contributed by atoms with Crippen molar-refractivity contribution in [2.24, 2.45) is 11.3 Å². The molecule has 3 saturated heterocycles.